The highest BCUT2D eigenvalue weighted by molar-refractivity contribution is 7.16. The standard InChI is InChI=1S/C22H20N4OS2/c1-14-8-10-17(11-9-14)13-19-25-26-22(29-19)24-21(27)20-15(2)23-18(28-20)12-16-6-4-3-5-7-16/h3-11H,12-13H2,1-2H3,(H,24,26,27). The Morgan fingerprint density at radius 1 is 0.862 bits per heavy atom. The van der Waals surface area contributed by atoms with Gasteiger partial charge in [-0.1, -0.05) is 71.5 Å². The van der Waals surface area contributed by atoms with Crippen molar-refractivity contribution in [3.8, 4) is 0 Å². The summed E-state index contributed by atoms with van der Waals surface area (Å²) < 4.78 is 0. The fourth-order valence-corrected chi connectivity index (χ4v) is 4.68. The molecule has 0 saturated heterocycles. The summed E-state index contributed by atoms with van der Waals surface area (Å²) in [6.45, 7) is 3.93. The summed E-state index contributed by atoms with van der Waals surface area (Å²) in [7, 11) is 0. The predicted molar refractivity (Wildman–Crippen MR) is 118 cm³/mol. The second-order valence-corrected chi connectivity index (χ2v) is 8.95. The van der Waals surface area contributed by atoms with Crippen LogP contribution in [0.2, 0.25) is 0 Å². The van der Waals surface area contributed by atoms with Crippen molar-refractivity contribution in [1.82, 2.24) is 15.2 Å². The third-order valence-electron chi connectivity index (χ3n) is 4.41. The highest BCUT2D eigenvalue weighted by Gasteiger charge is 2.17. The van der Waals surface area contributed by atoms with E-state index in [4.69, 9.17) is 0 Å². The van der Waals surface area contributed by atoms with E-state index in [1.54, 1.807) is 0 Å². The van der Waals surface area contributed by atoms with Crippen LogP contribution in [0.3, 0.4) is 0 Å². The lowest BCUT2D eigenvalue weighted by Crippen LogP contribution is -2.11. The van der Waals surface area contributed by atoms with Crippen molar-refractivity contribution >= 4 is 33.7 Å². The maximum atomic E-state index is 12.7. The van der Waals surface area contributed by atoms with Gasteiger partial charge in [-0.15, -0.1) is 21.5 Å². The fraction of sp³-hybridized carbons (Fsp3) is 0.182. The second kappa shape index (κ2) is 8.63. The maximum absolute atomic E-state index is 12.7. The predicted octanol–water partition coefficient (Wildman–Crippen LogP) is 5.05. The number of thiazole rings is 1. The Balaban J connectivity index is 1.42. The number of nitrogens with zero attached hydrogens (tertiary/aromatic N) is 3. The molecule has 0 bridgehead atoms. The van der Waals surface area contributed by atoms with Gasteiger partial charge in [0, 0.05) is 12.8 Å². The zero-order valence-corrected chi connectivity index (χ0v) is 17.8. The molecule has 0 radical (unpaired) electrons. The molecule has 0 saturated carbocycles. The Hall–Kier alpha value is -2.90. The largest absolute Gasteiger partial charge is 0.296 e. The van der Waals surface area contributed by atoms with Crippen LogP contribution in [0.15, 0.2) is 54.6 Å². The third-order valence-corrected chi connectivity index (χ3v) is 6.40. The summed E-state index contributed by atoms with van der Waals surface area (Å²) >= 11 is 2.83. The Labute approximate surface area is 177 Å². The summed E-state index contributed by atoms with van der Waals surface area (Å²) in [6, 6.07) is 18.5. The van der Waals surface area contributed by atoms with Crippen molar-refractivity contribution in [3.63, 3.8) is 0 Å². The average molecular weight is 421 g/mol. The van der Waals surface area contributed by atoms with Gasteiger partial charge in [0.25, 0.3) is 5.91 Å². The molecular weight excluding hydrogens is 400 g/mol. The van der Waals surface area contributed by atoms with E-state index in [1.807, 2.05) is 25.1 Å². The highest BCUT2D eigenvalue weighted by Crippen LogP contribution is 2.24. The van der Waals surface area contributed by atoms with E-state index >= 15 is 0 Å². The molecule has 1 N–H and O–H groups in total. The third kappa shape index (κ3) is 4.93. The van der Waals surface area contributed by atoms with E-state index in [2.05, 4.69) is 63.8 Å². The number of hydrogen-bond donors (Lipinski definition) is 1. The number of amides is 1. The van der Waals surface area contributed by atoms with Gasteiger partial charge < -0.3 is 0 Å². The molecule has 7 heteroatoms. The summed E-state index contributed by atoms with van der Waals surface area (Å²) in [4.78, 5) is 17.9. The summed E-state index contributed by atoms with van der Waals surface area (Å²) in [5, 5.41) is 13.5. The van der Waals surface area contributed by atoms with Gasteiger partial charge in [0.05, 0.1) is 10.7 Å². The Kier molecular flexibility index (Phi) is 5.78. The molecule has 5 nitrogen and oxygen atoms in total. The average Bonchev–Trinajstić information content (AvgIpc) is 3.30. The van der Waals surface area contributed by atoms with Crippen LogP contribution in [-0.2, 0) is 12.8 Å². The zero-order chi connectivity index (χ0) is 20.2. The van der Waals surface area contributed by atoms with Crippen molar-refractivity contribution in [3.05, 3.63) is 91.9 Å². The number of benzene rings is 2. The van der Waals surface area contributed by atoms with Crippen molar-refractivity contribution in [2.75, 3.05) is 5.32 Å². The molecular formula is C22H20N4OS2. The van der Waals surface area contributed by atoms with Crippen molar-refractivity contribution in [2.45, 2.75) is 26.7 Å². The first-order chi connectivity index (χ1) is 14.1. The van der Waals surface area contributed by atoms with Crippen LogP contribution in [-0.4, -0.2) is 21.1 Å². The molecule has 0 aliphatic heterocycles. The van der Waals surface area contributed by atoms with Crippen molar-refractivity contribution < 1.29 is 4.79 Å². The first-order valence-electron chi connectivity index (χ1n) is 9.26. The first-order valence-corrected chi connectivity index (χ1v) is 10.9. The molecule has 29 heavy (non-hydrogen) atoms. The van der Waals surface area contributed by atoms with Crippen LogP contribution in [0.5, 0.6) is 0 Å². The van der Waals surface area contributed by atoms with Gasteiger partial charge >= 0.3 is 0 Å². The van der Waals surface area contributed by atoms with Gasteiger partial charge in [-0.05, 0) is 25.0 Å². The molecule has 0 unspecified atom stereocenters. The van der Waals surface area contributed by atoms with Crippen molar-refractivity contribution in [2.24, 2.45) is 0 Å². The lowest BCUT2D eigenvalue weighted by molar-refractivity contribution is 0.102. The van der Waals surface area contributed by atoms with Crippen LogP contribution < -0.4 is 5.32 Å². The number of nitrogens with one attached hydrogen (secondary N) is 1. The molecule has 0 spiro atoms. The number of hydrogen-bond acceptors (Lipinski definition) is 6. The number of aryl methyl sites for hydroxylation is 2. The van der Waals surface area contributed by atoms with Gasteiger partial charge in [0.1, 0.15) is 9.88 Å². The number of anilines is 1. The van der Waals surface area contributed by atoms with E-state index in [9.17, 15) is 4.79 Å². The van der Waals surface area contributed by atoms with Crippen molar-refractivity contribution in [1.29, 1.82) is 0 Å². The van der Waals surface area contributed by atoms with E-state index in [1.165, 1.54) is 39.4 Å². The van der Waals surface area contributed by atoms with E-state index in [-0.39, 0.29) is 5.91 Å². The zero-order valence-electron chi connectivity index (χ0n) is 16.2. The maximum Gasteiger partial charge on any atom is 0.269 e. The molecule has 0 aliphatic carbocycles. The number of carbonyl (C=O) groups excluding carboxylic acids is 1. The van der Waals surface area contributed by atoms with Gasteiger partial charge in [0.2, 0.25) is 5.13 Å². The highest BCUT2D eigenvalue weighted by atomic mass is 32.1. The molecule has 0 fully saturated rings. The van der Waals surface area contributed by atoms with Crippen LogP contribution in [0.4, 0.5) is 5.13 Å². The van der Waals surface area contributed by atoms with E-state index < -0.39 is 0 Å². The molecule has 2 aromatic carbocycles. The molecule has 0 atom stereocenters. The van der Waals surface area contributed by atoms with Crippen LogP contribution >= 0.6 is 22.7 Å². The summed E-state index contributed by atoms with van der Waals surface area (Å²) in [5.41, 5.74) is 4.32. The lowest BCUT2D eigenvalue weighted by Gasteiger charge is -1.99. The lowest BCUT2D eigenvalue weighted by atomic mass is 10.1. The number of rotatable bonds is 6. The van der Waals surface area contributed by atoms with Crippen LogP contribution in [0.1, 0.15) is 42.1 Å². The minimum atomic E-state index is -0.183. The Morgan fingerprint density at radius 2 is 1.55 bits per heavy atom. The molecule has 1 amide bonds. The van der Waals surface area contributed by atoms with Crippen LogP contribution in [0.25, 0.3) is 0 Å². The van der Waals surface area contributed by atoms with E-state index in [0.29, 0.717) is 16.4 Å². The Morgan fingerprint density at radius 3 is 2.31 bits per heavy atom. The van der Waals surface area contributed by atoms with Gasteiger partial charge in [-0.3, -0.25) is 10.1 Å². The minimum Gasteiger partial charge on any atom is -0.296 e. The van der Waals surface area contributed by atoms with Gasteiger partial charge in [0.15, 0.2) is 0 Å². The quantitative estimate of drug-likeness (QED) is 0.474. The molecule has 146 valence electrons. The summed E-state index contributed by atoms with van der Waals surface area (Å²) in [5.74, 6) is -0.183. The minimum absolute atomic E-state index is 0.183. The SMILES string of the molecule is Cc1ccc(Cc2nnc(NC(=O)c3sc(Cc4ccccc4)nc3C)s2)cc1. The number of carbonyl (C=O) groups is 1. The number of aromatic nitrogens is 3. The molecule has 4 rings (SSSR count). The normalized spacial score (nSPS) is 10.8. The Bertz CT molecular complexity index is 1120. The first kappa shape index (κ1) is 19.4. The topological polar surface area (TPSA) is 67.8 Å². The molecule has 0 aliphatic rings. The molecule has 2 aromatic heterocycles. The monoisotopic (exact) mass is 420 g/mol. The van der Waals surface area contributed by atoms with Crippen LogP contribution in [0, 0.1) is 13.8 Å². The smallest absolute Gasteiger partial charge is 0.269 e. The van der Waals surface area contributed by atoms with Gasteiger partial charge in [-0.25, -0.2) is 4.98 Å². The van der Waals surface area contributed by atoms with E-state index in [0.717, 1.165) is 22.1 Å². The summed E-state index contributed by atoms with van der Waals surface area (Å²) in [6.07, 6.45) is 1.42. The van der Waals surface area contributed by atoms with Gasteiger partial charge in [-0.2, -0.15) is 0 Å². The fourth-order valence-electron chi connectivity index (χ4n) is 2.92. The molecule has 2 heterocycles. The molecule has 4 aromatic rings. The second-order valence-electron chi connectivity index (χ2n) is 6.80.